The molecule has 32 heavy (non-hydrogen) atoms. The number of methoxy groups -OCH3 is 1. The number of aromatic nitrogens is 2. The number of nitrogens with one attached hydrogen (secondary N) is 2. The largest absolute Gasteiger partial charge is 0.494 e. The van der Waals surface area contributed by atoms with E-state index in [0.29, 0.717) is 35.6 Å². The van der Waals surface area contributed by atoms with E-state index in [0.717, 1.165) is 30.2 Å². The van der Waals surface area contributed by atoms with Crippen LogP contribution in [0.2, 0.25) is 5.02 Å². The highest BCUT2D eigenvalue weighted by molar-refractivity contribution is 6.32. The van der Waals surface area contributed by atoms with Crippen molar-refractivity contribution in [3.05, 3.63) is 59.8 Å². The van der Waals surface area contributed by atoms with E-state index in [1.165, 1.54) is 0 Å². The number of rotatable bonds is 6. The van der Waals surface area contributed by atoms with Crippen LogP contribution in [-0.2, 0) is 4.79 Å². The van der Waals surface area contributed by atoms with Crippen molar-refractivity contribution in [3.63, 3.8) is 0 Å². The summed E-state index contributed by atoms with van der Waals surface area (Å²) < 4.78 is 5.61. The lowest BCUT2D eigenvalue weighted by Gasteiger charge is -2.35. The summed E-state index contributed by atoms with van der Waals surface area (Å²) in [6, 6.07) is 15.6. The van der Waals surface area contributed by atoms with Gasteiger partial charge in [-0.3, -0.25) is 4.79 Å². The van der Waals surface area contributed by atoms with Crippen molar-refractivity contribution in [1.29, 1.82) is 0 Å². The lowest BCUT2D eigenvalue weighted by Crippen LogP contribution is -2.48. The van der Waals surface area contributed by atoms with Gasteiger partial charge in [-0.1, -0.05) is 29.8 Å². The van der Waals surface area contributed by atoms with Gasteiger partial charge < -0.3 is 25.2 Å². The summed E-state index contributed by atoms with van der Waals surface area (Å²) in [5.41, 5.74) is 2.66. The van der Waals surface area contributed by atoms with E-state index < -0.39 is 0 Å². The van der Waals surface area contributed by atoms with Crippen molar-refractivity contribution in [3.8, 4) is 5.75 Å². The number of halogens is 1. The molecule has 8 nitrogen and oxygen atoms in total. The van der Waals surface area contributed by atoms with Crippen LogP contribution in [0.1, 0.15) is 6.92 Å². The fourth-order valence-electron chi connectivity index (χ4n) is 3.55. The van der Waals surface area contributed by atoms with Gasteiger partial charge in [0.15, 0.2) is 5.82 Å². The van der Waals surface area contributed by atoms with E-state index in [2.05, 4.69) is 25.5 Å². The van der Waals surface area contributed by atoms with Crippen LogP contribution in [0.4, 0.5) is 28.8 Å². The zero-order valence-electron chi connectivity index (χ0n) is 18.0. The highest BCUT2D eigenvalue weighted by atomic mass is 35.5. The van der Waals surface area contributed by atoms with Gasteiger partial charge in [0.2, 0.25) is 11.9 Å². The van der Waals surface area contributed by atoms with Gasteiger partial charge in [0.1, 0.15) is 10.8 Å². The molecule has 1 fully saturated rings. The average molecular weight is 453 g/mol. The Balaban J connectivity index is 1.50. The maximum absolute atomic E-state index is 11.6. The third kappa shape index (κ3) is 5.03. The molecule has 0 bridgehead atoms. The Hall–Kier alpha value is -3.52. The number of piperazine rings is 1. The topological polar surface area (TPSA) is 82.6 Å². The predicted octanol–water partition coefficient (Wildman–Crippen LogP) is 4.29. The Morgan fingerprint density at radius 2 is 1.81 bits per heavy atom. The molecule has 9 heteroatoms. The summed E-state index contributed by atoms with van der Waals surface area (Å²) in [5.74, 6) is 1.70. The number of anilines is 5. The van der Waals surface area contributed by atoms with Crippen molar-refractivity contribution < 1.29 is 9.53 Å². The predicted molar refractivity (Wildman–Crippen MR) is 128 cm³/mol. The van der Waals surface area contributed by atoms with Crippen LogP contribution in [0.25, 0.3) is 0 Å². The van der Waals surface area contributed by atoms with E-state index in [1.54, 1.807) is 20.2 Å². The number of benzene rings is 2. The maximum Gasteiger partial charge on any atom is 0.229 e. The molecule has 0 unspecified atom stereocenters. The number of ether oxygens (including phenoxy) is 1. The molecule has 1 aliphatic heterocycles. The highest BCUT2D eigenvalue weighted by Crippen LogP contribution is 2.33. The fraction of sp³-hybridized carbons (Fsp3) is 0.261. The van der Waals surface area contributed by atoms with Crippen molar-refractivity contribution in [1.82, 2.24) is 14.9 Å². The van der Waals surface area contributed by atoms with Crippen LogP contribution < -0.4 is 20.3 Å². The maximum atomic E-state index is 11.6. The van der Waals surface area contributed by atoms with Crippen LogP contribution in [-0.4, -0.2) is 54.1 Å². The minimum atomic E-state index is 0.117. The third-order valence-corrected chi connectivity index (χ3v) is 5.58. The Kier molecular flexibility index (Phi) is 6.61. The normalized spacial score (nSPS) is 13.6. The highest BCUT2D eigenvalue weighted by Gasteiger charge is 2.20. The minimum Gasteiger partial charge on any atom is -0.494 e. The third-order valence-electron chi connectivity index (χ3n) is 5.30. The lowest BCUT2D eigenvalue weighted by atomic mass is 10.2. The second-order valence-corrected chi connectivity index (χ2v) is 7.79. The van der Waals surface area contributed by atoms with Crippen LogP contribution in [0, 0.1) is 0 Å². The second kappa shape index (κ2) is 9.74. The number of hydrogen-bond donors (Lipinski definition) is 2. The van der Waals surface area contributed by atoms with Gasteiger partial charge in [0.05, 0.1) is 19.0 Å². The summed E-state index contributed by atoms with van der Waals surface area (Å²) in [6.45, 7) is 4.61. The van der Waals surface area contributed by atoms with E-state index in [1.807, 2.05) is 53.4 Å². The minimum absolute atomic E-state index is 0.117. The Bertz CT molecular complexity index is 1090. The monoisotopic (exact) mass is 452 g/mol. The molecule has 166 valence electrons. The molecule has 0 radical (unpaired) electrons. The summed E-state index contributed by atoms with van der Waals surface area (Å²) >= 11 is 6.27. The molecule has 0 aliphatic carbocycles. The Labute approximate surface area is 192 Å². The van der Waals surface area contributed by atoms with Gasteiger partial charge in [0.25, 0.3) is 0 Å². The molecule has 2 heterocycles. The molecule has 1 aliphatic rings. The molecule has 2 aromatic carbocycles. The molecule has 1 saturated heterocycles. The Morgan fingerprint density at radius 3 is 2.50 bits per heavy atom. The molecular weight excluding hydrogens is 428 g/mol. The smallest absolute Gasteiger partial charge is 0.229 e. The van der Waals surface area contributed by atoms with Gasteiger partial charge in [0, 0.05) is 50.5 Å². The van der Waals surface area contributed by atoms with E-state index in [4.69, 9.17) is 16.3 Å². The van der Waals surface area contributed by atoms with Crippen molar-refractivity contribution in [2.75, 3.05) is 48.8 Å². The standard InChI is InChI=1S/C23H25ClN6O2/c1-16(31)29-10-12-30(13-11-29)18-8-9-20(21(14-18)32-2)27-23-25-15-19(24)22(28-23)26-17-6-4-3-5-7-17/h3-9,14-15H,10-13H2,1-2H3,(H2,25,26,27,28). The fourth-order valence-corrected chi connectivity index (χ4v) is 3.69. The SMILES string of the molecule is COc1cc(N2CCN(C(C)=O)CC2)ccc1Nc1ncc(Cl)c(Nc2ccccc2)n1. The lowest BCUT2D eigenvalue weighted by molar-refractivity contribution is -0.129. The summed E-state index contributed by atoms with van der Waals surface area (Å²) in [7, 11) is 1.63. The number of carbonyl (C=O) groups is 1. The zero-order valence-corrected chi connectivity index (χ0v) is 18.8. The molecule has 1 aromatic heterocycles. The van der Waals surface area contributed by atoms with E-state index >= 15 is 0 Å². The quantitative estimate of drug-likeness (QED) is 0.577. The van der Waals surface area contributed by atoms with Crippen molar-refractivity contribution in [2.24, 2.45) is 0 Å². The molecule has 3 aromatic rings. The first-order valence-electron chi connectivity index (χ1n) is 10.3. The van der Waals surface area contributed by atoms with Gasteiger partial charge in [-0.05, 0) is 24.3 Å². The van der Waals surface area contributed by atoms with Crippen LogP contribution in [0.3, 0.4) is 0 Å². The first-order chi connectivity index (χ1) is 15.5. The molecule has 2 N–H and O–H groups in total. The molecule has 1 amide bonds. The van der Waals surface area contributed by atoms with Crippen molar-refractivity contribution >= 4 is 46.3 Å². The average Bonchev–Trinajstić information content (AvgIpc) is 2.82. The van der Waals surface area contributed by atoms with Crippen LogP contribution in [0.5, 0.6) is 5.75 Å². The van der Waals surface area contributed by atoms with Gasteiger partial charge in [-0.15, -0.1) is 0 Å². The van der Waals surface area contributed by atoms with Gasteiger partial charge in [-0.25, -0.2) is 4.98 Å². The summed E-state index contributed by atoms with van der Waals surface area (Å²) in [6.07, 6.45) is 1.55. The summed E-state index contributed by atoms with van der Waals surface area (Å²) in [4.78, 5) is 24.5. The molecule has 0 saturated carbocycles. The van der Waals surface area contributed by atoms with Crippen LogP contribution in [0.15, 0.2) is 54.7 Å². The second-order valence-electron chi connectivity index (χ2n) is 7.38. The van der Waals surface area contributed by atoms with Gasteiger partial charge >= 0.3 is 0 Å². The van der Waals surface area contributed by atoms with Crippen molar-refractivity contribution in [2.45, 2.75) is 6.92 Å². The van der Waals surface area contributed by atoms with Gasteiger partial charge in [-0.2, -0.15) is 4.98 Å². The molecule has 0 atom stereocenters. The van der Waals surface area contributed by atoms with Crippen LogP contribution >= 0.6 is 11.6 Å². The number of para-hydroxylation sites is 1. The first-order valence-corrected chi connectivity index (χ1v) is 10.7. The number of amides is 1. The summed E-state index contributed by atoms with van der Waals surface area (Å²) in [5, 5.41) is 6.84. The number of nitrogens with zero attached hydrogens (tertiary/aromatic N) is 4. The Morgan fingerprint density at radius 1 is 1.06 bits per heavy atom. The molecule has 0 spiro atoms. The first kappa shape index (κ1) is 21.7. The molecule has 4 rings (SSSR count). The molecular formula is C23H25ClN6O2. The number of carbonyl (C=O) groups excluding carboxylic acids is 1. The zero-order chi connectivity index (χ0) is 22.5. The number of hydrogen-bond acceptors (Lipinski definition) is 7. The van der Waals surface area contributed by atoms with E-state index in [-0.39, 0.29) is 5.91 Å². The van der Waals surface area contributed by atoms with E-state index in [9.17, 15) is 4.79 Å².